The molecular formula is C12H15ClN2O. The van der Waals surface area contributed by atoms with E-state index in [0.29, 0.717) is 16.8 Å². The third-order valence-electron chi connectivity index (χ3n) is 3.16. The molecule has 2 rings (SSSR count). The van der Waals surface area contributed by atoms with Gasteiger partial charge in [-0.05, 0) is 37.8 Å². The Morgan fingerprint density at radius 1 is 1.56 bits per heavy atom. The van der Waals surface area contributed by atoms with Gasteiger partial charge in [-0.1, -0.05) is 24.1 Å². The fourth-order valence-corrected chi connectivity index (χ4v) is 2.04. The first-order chi connectivity index (χ1) is 7.66. The van der Waals surface area contributed by atoms with Crippen molar-refractivity contribution in [3.8, 4) is 0 Å². The number of nitrogens with one attached hydrogen (secondary N) is 1. The van der Waals surface area contributed by atoms with E-state index in [9.17, 15) is 4.79 Å². The van der Waals surface area contributed by atoms with Crippen LogP contribution in [0.5, 0.6) is 0 Å². The second-order valence-electron chi connectivity index (χ2n) is 4.30. The highest BCUT2D eigenvalue weighted by molar-refractivity contribution is 6.29. The number of hydrogen-bond donors (Lipinski definition) is 1. The summed E-state index contributed by atoms with van der Waals surface area (Å²) in [4.78, 5) is 15.8. The van der Waals surface area contributed by atoms with Crippen molar-refractivity contribution in [2.45, 2.75) is 32.2 Å². The van der Waals surface area contributed by atoms with Gasteiger partial charge in [0.25, 0.3) is 5.91 Å². The SMILES string of the molecule is CC(NC(=O)c1cccc(Cl)n1)C1CCC1. The Labute approximate surface area is 100 Å². The number of pyridine rings is 1. The summed E-state index contributed by atoms with van der Waals surface area (Å²) < 4.78 is 0. The molecule has 1 aliphatic rings. The summed E-state index contributed by atoms with van der Waals surface area (Å²) in [5, 5.41) is 3.32. The minimum atomic E-state index is -0.137. The first kappa shape index (κ1) is 11.4. The van der Waals surface area contributed by atoms with E-state index in [-0.39, 0.29) is 11.9 Å². The van der Waals surface area contributed by atoms with Gasteiger partial charge in [0.05, 0.1) is 0 Å². The van der Waals surface area contributed by atoms with Gasteiger partial charge in [0.1, 0.15) is 10.8 Å². The van der Waals surface area contributed by atoms with Crippen molar-refractivity contribution < 1.29 is 4.79 Å². The number of halogens is 1. The average molecular weight is 239 g/mol. The van der Waals surface area contributed by atoms with Crippen molar-refractivity contribution in [3.05, 3.63) is 29.0 Å². The van der Waals surface area contributed by atoms with E-state index in [1.54, 1.807) is 18.2 Å². The maximum atomic E-state index is 11.8. The molecule has 0 spiro atoms. The van der Waals surface area contributed by atoms with Gasteiger partial charge in [-0.2, -0.15) is 0 Å². The third-order valence-corrected chi connectivity index (χ3v) is 3.37. The van der Waals surface area contributed by atoms with Crippen LogP contribution in [0.4, 0.5) is 0 Å². The Morgan fingerprint density at radius 3 is 2.88 bits per heavy atom. The van der Waals surface area contributed by atoms with Crippen molar-refractivity contribution >= 4 is 17.5 Å². The predicted octanol–water partition coefficient (Wildman–Crippen LogP) is 2.65. The lowest BCUT2D eigenvalue weighted by atomic mass is 9.80. The molecule has 1 N–H and O–H groups in total. The number of aromatic nitrogens is 1. The summed E-state index contributed by atoms with van der Waals surface area (Å²) in [5.74, 6) is 0.491. The topological polar surface area (TPSA) is 42.0 Å². The molecule has 86 valence electrons. The van der Waals surface area contributed by atoms with E-state index in [4.69, 9.17) is 11.6 Å². The van der Waals surface area contributed by atoms with Crippen LogP contribution >= 0.6 is 11.6 Å². The van der Waals surface area contributed by atoms with Crippen LogP contribution in [-0.2, 0) is 0 Å². The predicted molar refractivity (Wildman–Crippen MR) is 63.5 cm³/mol. The number of hydrogen-bond acceptors (Lipinski definition) is 2. The molecule has 1 aliphatic carbocycles. The van der Waals surface area contributed by atoms with Gasteiger partial charge in [0, 0.05) is 6.04 Å². The van der Waals surface area contributed by atoms with E-state index in [1.165, 1.54) is 19.3 Å². The summed E-state index contributed by atoms with van der Waals surface area (Å²) in [6.45, 7) is 2.05. The number of nitrogens with zero attached hydrogens (tertiary/aromatic N) is 1. The summed E-state index contributed by atoms with van der Waals surface area (Å²) in [7, 11) is 0. The Morgan fingerprint density at radius 2 is 2.31 bits per heavy atom. The molecule has 0 aromatic carbocycles. The molecule has 0 radical (unpaired) electrons. The largest absolute Gasteiger partial charge is 0.348 e. The number of amides is 1. The van der Waals surface area contributed by atoms with Gasteiger partial charge in [0.15, 0.2) is 0 Å². The van der Waals surface area contributed by atoms with Crippen LogP contribution in [0.25, 0.3) is 0 Å². The molecule has 16 heavy (non-hydrogen) atoms. The van der Waals surface area contributed by atoms with E-state index < -0.39 is 0 Å². The summed E-state index contributed by atoms with van der Waals surface area (Å²) in [5.41, 5.74) is 0.388. The zero-order valence-corrected chi connectivity index (χ0v) is 10.00. The van der Waals surface area contributed by atoms with Crippen molar-refractivity contribution in [2.24, 2.45) is 5.92 Å². The van der Waals surface area contributed by atoms with Gasteiger partial charge in [-0.25, -0.2) is 4.98 Å². The molecule has 3 nitrogen and oxygen atoms in total. The minimum absolute atomic E-state index is 0.137. The second kappa shape index (κ2) is 4.83. The summed E-state index contributed by atoms with van der Waals surface area (Å²) in [6.07, 6.45) is 3.70. The molecule has 1 fully saturated rings. The van der Waals surface area contributed by atoms with E-state index in [1.807, 2.05) is 6.92 Å². The van der Waals surface area contributed by atoms with Crippen LogP contribution in [0.15, 0.2) is 18.2 Å². The molecule has 0 saturated heterocycles. The van der Waals surface area contributed by atoms with Crippen LogP contribution in [-0.4, -0.2) is 16.9 Å². The molecule has 1 aromatic heterocycles. The Hall–Kier alpha value is -1.09. The monoisotopic (exact) mass is 238 g/mol. The van der Waals surface area contributed by atoms with Crippen LogP contribution < -0.4 is 5.32 Å². The van der Waals surface area contributed by atoms with Gasteiger partial charge in [-0.3, -0.25) is 4.79 Å². The highest BCUT2D eigenvalue weighted by Gasteiger charge is 2.25. The fourth-order valence-electron chi connectivity index (χ4n) is 1.87. The average Bonchev–Trinajstić information content (AvgIpc) is 2.14. The molecule has 1 heterocycles. The van der Waals surface area contributed by atoms with E-state index >= 15 is 0 Å². The second-order valence-corrected chi connectivity index (χ2v) is 4.69. The Bertz CT molecular complexity index is 390. The van der Waals surface area contributed by atoms with Gasteiger partial charge in [-0.15, -0.1) is 0 Å². The Kier molecular flexibility index (Phi) is 3.44. The van der Waals surface area contributed by atoms with Crippen molar-refractivity contribution in [2.75, 3.05) is 0 Å². The quantitative estimate of drug-likeness (QED) is 0.823. The van der Waals surface area contributed by atoms with Crippen molar-refractivity contribution in [1.29, 1.82) is 0 Å². The number of carbonyl (C=O) groups is 1. The molecule has 4 heteroatoms. The minimum Gasteiger partial charge on any atom is -0.348 e. The van der Waals surface area contributed by atoms with Crippen LogP contribution in [0.1, 0.15) is 36.7 Å². The van der Waals surface area contributed by atoms with Crippen LogP contribution in [0.2, 0.25) is 5.15 Å². The highest BCUT2D eigenvalue weighted by Crippen LogP contribution is 2.29. The maximum absolute atomic E-state index is 11.8. The van der Waals surface area contributed by atoms with Gasteiger partial charge in [0.2, 0.25) is 0 Å². The normalized spacial score (nSPS) is 17.6. The number of carbonyl (C=O) groups excluding carboxylic acids is 1. The zero-order chi connectivity index (χ0) is 11.5. The standard InChI is InChI=1S/C12H15ClN2O/c1-8(9-4-2-5-9)14-12(16)10-6-3-7-11(13)15-10/h3,6-9H,2,4-5H2,1H3,(H,14,16). The van der Waals surface area contributed by atoms with Gasteiger partial charge < -0.3 is 5.32 Å². The molecule has 1 amide bonds. The van der Waals surface area contributed by atoms with Crippen LogP contribution in [0, 0.1) is 5.92 Å². The molecule has 1 atom stereocenters. The van der Waals surface area contributed by atoms with Crippen molar-refractivity contribution in [3.63, 3.8) is 0 Å². The maximum Gasteiger partial charge on any atom is 0.270 e. The lowest BCUT2D eigenvalue weighted by Gasteiger charge is -2.31. The smallest absolute Gasteiger partial charge is 0.270 e. The number of rotatable bonds is 3. The van der Waals surface area contributed by atoms with E-state index in [2.05, 4.69) is 10.3 Å². The first-order valence-electron chi connectivity index (χ1n) is 5.60. The zero-order valence-electron chi connectivity index (χ0n) is 9.24. The molecular weight excluding hydrogens is 224 g/mol. The van der Waals surface area contributed by atoms with Gasteiger partial charge >= 0.3 is 0 Å². The lowest BCUT2D eigenvalue weighted by molar-refractivity contribution is 0.0904. The third kappa shape index (κ3) is 2.53. The summed E-state index contributed by atoms with van der Waals surface area (Å²) >= 11 is 5.74. The van der Waals surface area contributed by atoms with Crippen LogP contribution in [0.3, 0.4) is 0 Å². The molecule has 0 aliphatic heterocycles. The van der Waals surface area contributed by atoms with Crippen molar-refractivity contribution in [1.82, 2.24) is 10.3 Å². The molecule has 1 aromatic rings. The molecule has 1 saturated carbocycles. The Balaban J connectivity index is 1.96. The summed E-state index contributed by atoms with van der Waals surface area (Å²) in [6, 6.07) is 5.29. The molecule has 1 unspecified atom stereocenters. The lowest BCUT2D eigenvalue weighted by Crippen LogP contribution is -2.40. The fraction of sp³-hybridized carbons (Fsp3) is 0.500. The highest BCUT2D eigenvalue weighted by atomic mass is 35.5. The first-order valence-corrected chi connectivity index (χ1v) is 5.98. The van der Waals surface area contributed by atoms with E-state index in [0.717, 1.165) is 0 Å². The molecule has 0 bridgehead atoms.